The smallest absolute Gasteiger partial charge is 0.0540 e. The highest BCUT2D eigenvalue weighted by molar-refractivity contribution is 6.14. The standard InChI is InChI=1S/C50H33N/c1-4-14-41-34(10-1)13-7-17-42(41)37-22-28-39(29-23-37)51(50-21-9-20-47-44-16-6-3-12-36(44)27-33-49(47)50)40-30-24-38(25-31-40)45-18-8-19-46-43-15-5-2-11-35(43)26-32-48(45)46/h1-33H. The van der Waals surface area contributed by atoms with Crippen LogP contribution in [-0.2, 0) is 0 Å². The van der Waals surface area contributed by atoms with Crippen LogP contribution in [-0.4, -0.2) is 0 Å². The number of hydrogen-bond donors (Lipinski definition) is 0. The number of rotatable bonds is 5. The molecule has 0 saturated heterocycles. The van der Waals surface area contributed by atoms with Gasteiger partial charge >= 0.3 is 0 Å². The van der Waals surface area contributed by atoms with Gasteiger partial charge in [-0.1, -0.05) is 170 Å². The summed E-state index contributed by atoms with van der Waals surface area (Å²) in [6.45, 7) is 0. The molecule has 1 heteroatoms. The SMILES string of the molecule is c1ccc2c(-c3ccc(N(c4ccc(-c5cccc6c5ccc5ccccc56)cc4)c4cccc5c4ccc4ccccc45)cc3)cccc2c1. The van der Waals surface area contributed by atoms with Gasteiger partial charge in [0.1, 0.15) is 0 Å². The summed E-state index contributed by atoms with van der Waals surface area (Å²) in [4.78, 5) is 2.41. The quantitative estimate of drug-likeness (QED) is 0.168. The van der Waals surface area contributed by atoms with Crippen LogP contribution in [0.4, 0.5) is 17.1 Å². The van der Waals surface area contributed by atoms with E-state index in [0.29, 0.717) is 0 Å². The van der Waals surface area contributed by atoms with E-state index < -0.39 is 0 Å². The molecule has 0 aromatic heterocycles. The summed E-state index contributed by atoms with van der Waals surface area (Å²) in [6, 6.07) is 73.0. The van der Waals surface area contributed by atoms with E-state index in [1.165, 1.54) is 76.1 Å². The molecule has 0 amide bonds. The maximum absolute atomic E-state index is 2.41. The number of fused-ring (bicyclic) bond motifs is 7. The van der Waals surface area contributed by atoms with Crippen molar-refractivity contribution in [2.24, 2.45) is 0 Å². The molecule has 10 aromatic rings. The normalized spacial score (nSPS) is 11.5. The Morgan fingerprint density at radius 2 is 0.647 bits per heavy atom. The Morgan fingerprint density at radius 3 is 1.25 bits per heavy atom. The number of benzene rings is 10. The summed E-state index contributed by atoms with van der Waals surface area (Å²) in [6.07, 6.45) is 0. The number of anilines is 3. The van der Waals surface area contributed by atoms with E-state index in [2.05, 4.69) is 205 Å². The van der Waals surface area contributed by atoms with Gasteiger partial charge in [-0.05, 0) is 101 Å². The minimum Gasteiger partial charge on any atom is -0.310 e. The largest absolute Gasteiger partial charge is 0.310 e. The Morgan fingerprint density at radius 1 is 0.235 bits per heavy atom. The van der Waals surface area contributed by atoms with Crippen molar-refractivity contribution < 1.29 is 0 Å². The van der Waals surface area contributed by atoms with Crippen LogP contribution in [0.3, 0.4) is 0 Å². The van der Waals surface area contributed by atoms with Crippen molar-refractivity contribution in [3.05, 3.63) is 200 Å². The first-order chi connectivity index (χ1) is 25.3. The zero-order valence-corrected chi connectivity index (χ0v) is 28.0. The Hall–Kier alpha value is -6.70. The predicted molar refractivity (Wildman–Crippen MR) is 220 cm³/mol. The molecular formula is C50H33N. The molecule has 0 saturated carbocycles. The minimum absolute atomic E-state index is 1.11. The summed E-state index contributed by atoms with van der Waals surface area (Å²) in [5, 5.41) is 12.6. The van der Waals surface area contributed by atoms with Crippen molar-refractivity contribution in [3.63, 3.8) is 0 Å². The fourth-order valence-electron chi connectivity index (χ4n) is 8.00. The van der Waals surface area contributed by atoms with Crippen LogP contribution in [0.5, 0.6) is 0 Å². The first kappa shape index (κ1) is 29.2. The van der Waals surface area contributed by atoms with E-state index in [1.54, 1.807) is 0 Å². The second kappa shape index (κ2) is 12.0. The van der Waals surface area contributed by atoms with Crippen LogP contribution in [0, 0.1) is 0 Å². The highest BCUT2D eigenvalue weighted by Gasteiger charge is 2.17. The van der Waals surface area contributed by atoms with E-state index in [0.717, 1.165) is 17.1 Å². The second-order valence-corrected chi connectivity index (χ2v) is 13.3. The molecule has 0 radical (unpaired) electrons. The van der Waals surface area contributed by atoms with Crippen molar-refractivity contribution in [1.29, 1.82) is 0 Å². The molecule has 10 aromatic carbocycles. The zero-order chi connectivity index (χ0) is 33.7. The van der Waals surface area contributed by atoms with Crippen LogP contribution in [0.2, 0.25) is 0 Å². The Bertz CT molecular complexity index is 2900. The average Bonchev–Trinajstić information content (AvgIpc) is 3.21. The van der Waals surface area contributed by atoms with E-state index in [-0.39, 0.29) is 0 Å². The van der Waals surface area contributed by atoms with E-state index in [4.69, 9.17) is 0 Å². The van der Waals surface area contributed by atoms with Gasteiger partial charge in [0.2, 0.25) is 0 Å². The van der Waals surface area contributed by atoms with Gasteiger partial charge in [-0.25, -0.2) is 0 Å². The molecule has 0 spiro atoms. The first-order valence-corrected chi connectivity index (χ1v) is 17.6. The molecule has 0 aliphatic carbocycles. The molecular weight excluding hydrogens is 615 g/mol. The Kier molecular flexibility index (Phi) is 6.89. The molecule has 0 bridgehead atoms. The van der Waals surface area contributed by atoms with Crippen molar-refractivity contribution in [3.8, 4) is 22.3 Å². The van der Waals surface area contributed by atoms with E-state index in [1.807, 2.05) is 0 Å². The van der Waals surface area contributed by atoms with Gasteiger partial charge in [0.25, 0.3) is 0 Å². The van der Waals surface area contributed by atoms with Gasteiger partial charge < -0.3 is 4.90 Å². The monoisotopic (exact) mass is 647 g/mol. The molecule has 0 heterocycles. The summed E-state index contributed by atoms with van der Waals surface area (Å²) < 4.78 is 0. The van der Waals surface area contributed by atoms with Crippen LogP contribution >= 0.6 is 0 Å². The molecule has 0 aliphatic heterocycles. The first-order valence-electron chi connectivity index (χ1n) is 17.6. The maximum Gasteiger partial charge on any atom is 0.0540 e. The van der Waals surface area contributed by atoms with Crippen LogP contribution < -0.4 is 4.90 Å². The van der Waals surface area contributed by atoms with Gasteiger partial charge in [0.05, 0.1) is 5.69 Å². The average molecular weight is 648 g/mol. The highest BCUT2D eigenvalue weighted by Crippen LogP contribution is 2.42. The molecule has 10 rings (SSSR count). The lowest BCUT2D eigenvalue weighted by molar-refractivity contribution is 1.30. The molecule has 51 heavy (non-hydrogen) atoms. The maximum atomic E-state index is 2.41. The lowest BCUT2D eigenvalue weighted by Crippen LogP contribution is -2.10. The van der Waals surface area contributed by atoms with E-state index >= 15 is 0 Å². The third-order valence-electron chi connectivity index (χ3n) is 10.5. The molecule has 0 unspecified atom stereocenters. The molecule has 1 nitrogen and oxygen atoms in total. The highest BCUT2D eigenvalue weighted by atomic mass is 15.1. The van der Waals surface area contributed by atoms with Crippen molar-refractivity contribution in [2.45, 2.75) is 0 Å². The summed E-state index contributed by atoms with van der Waals surface area (Å²) in [5.41, 5.74) is 8.28. The summed E-state index contributed by atoms with van der Waals surface area (Å²) in [5.74, 6) is 0. The minimum atomic E-state index is 1.11. The lowest BCUT2D eigenvalue weighted by Gasteiger charge is -2.27. The molecule has 0 atom stereocenters. The van der Waals surface area contributed by atoms with Gasteiger partial charge in [-0.15, -0.1) is 0 Å². The lowest BCUT2D eigenvalue weighted by atomic mass is 9.94. The van der Waals surface area contributed by atoms with Crippen LogP contribution in [0.25, 0.3) is 76.1 Å². The van der Waals surface area contributed by atoms with Crippen molar-refractivity contribution >= 4 is 70.9 Å². The number of hydrogen-bond acceptors (Lipinski definition) is 1. The fourth-order valence-corrected chi connectivity index (χ4v) is 8.00. The molecule has 238 valence electrons. The second-order valence-electron chi connectivity index (χ2n) is 13.3. The Balaban J connectivity index is 1.12. The van der Waals surface area contributed by atoms with Gasteiger partial charge in [-0.2, -0.15) is 0 Å². The predicted octanol–water partition coefficient (Wildman–Crippen LogP) is 14.3. The molecule has 0 aliphatic rings. The zero-order valence-electron chi connectivity index (χ0n) is 28.0. The fraction of sp³-hybridized carbons (Fsp3) is 0. The van der Waals surface area contributed by atoms with E-state index in [9.17, 15) is 0 Å². The van der Waals surface area contributed by atoms with Gasteiger partial charge in [-0.3, -0.25) is 0 Å². The molecule has 0 fully saturated rings. The van der Waals surface area contributed by atoms with Crippen LogP contribution in [0.1, 0.15) is 0 Å². The third kappa shape index (κ3) is 4.94. The topological polar surface area (TPSA) is 3.24 Å². The Labute approximate surface area is 297 Å². The van der Waals surface area contributed by atoms with Crippen LogP contribution in [0.15, 0.2) is 200 Å². The molecule has 0 N–H and O–H groups in total. The summed E-state index contributed by atoms with van der Waals surface area (Å²) in [7, 11) is 0. The number of nitrogens with zero attached hydrogens (tertiary/aromatic N) is 1. The van der Waals surface area contributed by atoms with Gasteiger partial charge in [0.15, 0.2) is 0 Å². The van der Waals surface area contributed by atoms with Gasteiger partial charge in [0, 0.05) is 16.8 Å². The third-order valence-corrected chi connectivity index (χ3v) is 10.5. The van der Waals surface area contributed by atoms with Crippen molar-refractivity contribution in [2.75, 3.05) is 4.90 Å². The summed E-state index contributed by atoms with van der Waals surface area (Å²) >= 11 is 0. The van der Waals surface area contributed by atoms with Crippen molar-refractivity contribution in [1.82, 2.24) is 0 Å².